The van der Waals surface area contributed by atoms with E-state index in [1.165, 1.54) is 12.1 Å². The fraction of sp³-hybridized carbons (Fsp3) is 0.467. The molecule has 0 fully saturated rings. The molecule has 2 aromatic rings. The molecule has 1 heterocycles. The highest BCUT2D eigenvalue weighted by Gasteiger charge is 2.31. The summed E-state index contributed by atoms with van der Waals surface area (Å²) < 4.78 is 41.0. The molecule has 6 heteroatoms. The van der Waals surface area contributed by atoms with E-state index in [1.54, 1.807) is 6.07 Å². The molecule has 1 aliphatic carbocycles. The number of ether oxygens (including phenoxy) is 1. The summed E-state index contributed by atoms with van der Waals surface area (Å²) in [6.07, 6.45) is -0.855. The highest BCUT2D eigenvalue weighted by Crippen LogP contribution is 2.35. The first-order valence-electron chi connectivity index (χ1n) is 7.05. The molecule has 1 aromatic heterocycles. The fourth-order valence-corrected chi connectivity index (χ4v) is 3.15. The molecule has 0 amide bonds. The van der Waals surface area contributed by atoms with E-state index >= 15 is 0 Å². The van der Waals surface area contributed by atoms with Crippen LogP contribution in [0.4, 0.5) is 13.2 Å². The Bertz CT molecular complexity index is 648. The topological polar surface area (TPSA) is 51.0 Å². The predicted molar refractivity (Wildman–Crippen MR) is 74.2 cm³/mol. The molecular weight excluding hydrogens is 281 g/mol. The van der Waals surface area contributed by atoms with Crippen LogP contribution in [0.15, 0.2) is 18.2 Å². The first-order chi connectivity index (χ1) is 9.96. The van der Waals surface area contributed by atoms with Crippen LogP contribution in [0.5, 0.6) is 5.75 Å². The minimum absolute atomic E-state index is 0.169. The molecule has 1 aromatic carbocycles. The molecule has 0 saturated heterocycles. The minimum atomic E-state index is -4.66. The SMILES string of the molecule is NCC[C@H]1CCc2[nH]c3ccc(OC(F)(F)F)cc3c2C1. The lowest BCUT2D eigenvalue weighted by Gasteiger charge is -2.21. The van der Waals surface area contributed by atoms with E-state index in [-0.39, 0.29) is 5.75 Å². The van der Waals surface area contributed by atoms with Gasteiger partial charge >= 0.3 is 6.36 Å². The van der Waals surface area contributed by atoms with E-state index in [0.717, 1.165) is 47.8 Å². The van der Waals surface area contributed by atoms with Crippen molar-refractivity contribution in [3.63, 3.8) is 0 Å². The molecular formula is C15H17F3N2O. The number of nitrogens with two attached hydrogens (primary N) is 1. The van der Waals surface area contributed by atoms with Crippen molar-refractivity contribution < 1.29 is 17.9 Å². The van der Waals surface area contributed by atoms with Gasteiger partial charge < -0.3 is 15.5 Å². The summed E-state index contributed by atoms with van der Waals surface area (Å²) in [4.78, 5) is 3.30. The van der Waals surface area contributed by atoms with E-state index < -0.39 is 6.36 Å². The Balaban J connectivity index is 1.95. The number of alkyl halides is 3. The lowest BCUT2D eigenvalue weighted by molar-refractivity contribution is -0.274. The molecule has 0 bridgehead atoms. The van der Waals surface area contributed by atoms with Crippen molar-refractivity contribution in [2.45, 2.75) is 32.0 Å². The van der Waals surface area contributed by atoms with Gasteiger partial charge in [-0.1, -0.05) is 0 Å². The Labute approximate surface area is 120 Å². The van der Waals surface area contributed by atoms with Gasteiger partial charge in [0.1, 0.15) is 5.75 Å². The van der Waals surface area contributed by atoms with Crippen LogP contribution < -0.4 is 10.5 Å². The van der Waals surface area contributed by atoms with E-state index in [9.17, 15) is 13.2 Å². The average Bonchev–Trinajstić information content (AvgIpc) is 2.75. The molecule has 3 nitrogen and oxygen atoms in total. The quantitative estimate of drug-likeness (QED) is 0.911. The number of H-pyrrole nitrogens is 1. The van der Waals surface area contributed by atoms with Gasteiger partial charge in [-0.15, -0.1) is 13.2 Å². The summed E-state index contributed by atoms with van der Waals surface area (Å²) >= 11 is 0. The number of aromatic nitrogens is 1. The molecule has 3 N–H and O–H groups in total. The zero-order valence-electron chi connectivity index (χ0n) is 11.5. The number of aryl methyl sites for hydroxylation is 1. The molecule has 0 unspecified atom stereocenters. The third-order valence-electron chi connectivity index (χ3n) is 4.07. The van der Waals surface area contributed by atoms with Crippen LogP contribution in [-0.4, -0.2) is 17.9 Å². The van der Waals surface area contributed by atoms with E-state index in [1.807, 2.05) is 0 Å². The second kappa shape index (κ2) is 5.26. The maximum atomic E-state index is 12.3. The van der Waals surface area contributed by atoms with Gasteiger partial charge in [-0.05, 0) is 61.9 Å². The summed E-state index contributed by atoms with van der Waals surface area (Å²) in [5.74, 6) is 0.339. The molecule has 0 aliphatic heterocycles. The molecule has 0 spiro atoms. The fourth-order valence-electron chi connectivity index (χ4n) is 3.15. The van der Waals surface area contributed by atoms with Gasteiger partial charge in [0.25, 0.3) is 0 Å². The van der Waals surface area contributed by atoms with Crippen LogP contribution >= 0.6 is 0 Å². The number of aromatic amines is 1. The van der Waals surface area contributed by atoms with Crippen molar-refractivity contribution in [2.24, 2.45) is 11.7 Å². The van der Waals surface area contributed by atoms with Gasteiger partial charge in [0.15, 0.2) is 0 Å². The second-order valence-electron chi connectivity index (χ2n) is 5.52. The van der Waals surface area contributed by atoms with Crippen molar-refractivity contribution in [1.29, 1.82) is 0 Å². The minimum Gasteiger partial charge on any atom is -0.406 e. The third-order valence-corrected chi connectivity index (χ3v) is 4.07. The maximum Gasteiger partial charge on any atom is 0.573 e. The van der Waals surface area contributed by atoms with Crippen molar-refractivity contribution >= 4 is 10.9 Å². The van der Waals surface area contributed by atoms with Crippen molar-refractivity contribution in [2.75, 3.05) is 6.54 Å². The largest absolute Gasteiger partial charge is 0.573 e. The van der Waals surface area contributed by atoms with Crippen molar-refractivity contribution in [1.82, 2.24) is 4.98 Å². The number of rotatable bonds is 3. The normalized spacial score (nSPS) is 18.8. The van der Waals surface area contributed by atoms with E-state index in [0.29, 0.717) is 12.5 Å². The Kier molecular flexibility index (Phi) is 3.57. The van der Waals surface area contributed by atoms with E-state index in [2.05, 4.69) is 9.72 Å². The Morgan fingerprint density at radius 3 is 2.86 bits per heavy atom. The van der Waals surface area contributed by atoms with Gasteiger partial charge in [-0.25, -0.2) is 0 Å². The number of hydrogen-bond donors (Lipinski definition) is 2. The molecule has 21 heavy (non-hydrogen) atoms. The van der Waals surface area contributed by atoms with Crippen LogP contribution in [0.3, 0.4) is 0 Å². The first-order valence-corrected chi connectivity index (χ1v) is 7.05. The third kappa shape index (κ3) is 3.00. The number of fused-ring (bicyclic) bond motifs is 3. The number of benzene rings is 1. The summed E-state index contributed by atoms with van der Waals surface area (Å²) in [6, 6.07) is 4.46. The van der Waals surface area contributed by atoms with Gasteiger partial charge in [0, 0.05) is 16.6 Å². The summed E-state index contributed by atoms with van der Waals surface area (Å²) in [5, 5.41) is 0.827. The van der Waals surface area contributed by atoms with Crippen molar-refractivity contribution in [3.05, 3.63) is 29.5 Å². The summed E-state index contributed by atoms with van der Waals surface area (Å²) in [7, 11) is 0. The molecule has 1 atom stereocenters. The van der Waals surface area contributed by atoms with Crippen LogP contribution in [0.1, 0.15) is 24.1 Å². The maximum absolute atomic E-state index is 12.3. The number of nitrogens with one attached hydrogen (secondary N) is 1. The molecule has 114 valence electrons. The Morgan fingerprint density at radius 1 is 1.33 bits per heavy atom. The van der Waals surface area contributed by atoms with Crippen LogP contribution in [-0.2, 0) is 12.8 Å². The van der Waals surface area contributed by atoms with Crippen LogP contribution in [0.25, 0.3) is 10.9 Å². The first kappa shape index (κ1) is 14.3. The average molecular weight is 298 g/mol. The zero-order valence-corrected chi connectivity index (χ0v) is 11.5. The van der Waals surface area contributed by atoms with Gasteiger partial charge in [0.2, 0.25) is 0 Å². The van der Waals surface area contributed by atoms with Gasteiger partial charge in [-0.3, -0.25) is 0 Å². The smallest absolute Gasteiger partial charge is 0.406 e. The van der Waals surface area contributed by atoms with Crippen LogP contribution in [0.2, 0.25) is 0 Å². The van der Waals surface area contributed by atoms with Crippen molar-refractivity contribution in [3.8, 4) is 5.75 Å². The second-order valence-corrected chi connectivity index (χ2v) is 5.52. The molecule has 0 radical (unpaired) electrons. The monoisotopic (exact) mass is 298 g/mol. The molecule has 1 aliphatic rings. The summed E-state index contributed by atoms with van der Waals surface area (Å²) in [5.41, 5.74) is 8.71. The molecule has 0 saturated carbocycles. The number of halogens is 3. The Hall–Kier alpha value is -1.69. The number of hydrogen-bond acceptors (Lipinski definition) is 2. The molecule has 3 rings (SSSR count). The predicted octanol–water partition coefficient (Wildman–Crippen LogP) is 3.52. The highest BCUT2D eigenvalue weighted by molar-refractivity contribution is 5.86. The zero-order chi connectivity index (χ0) is 15.0. The van der Waals surface area contributed by atoms with Gasteiger partial charge in [-0.2, -0.15) is 0 Å². The lowest BCUT2D eigenvalue weighted by atomic mass is 9.84. The lowest BCUT2D eigenvalue weighted by Crippen LogP contribution is -2.17. The standard InChI is InChI=1S/C15H17F3N2O/c16-15(17,18)21-10-2-4-14-12(8-10)11-7-9(5-6-19)1-3-13(11)20-14/h2,4,8-9,20H,1,3,5-7,19H2/t9-/m1/s1. The van der Waals surface area contributed by atoms with E-state index in [4.69, 9.17) is 5.73 Å². The van der Waals surface area contributed by atoms with Gasteiger partial charge in [0.05, 0.1) is 0 Å². The Morgan fingerprint density at radius 2 is 2.14 bits per heavy atom. The van der Waals surface area contributed by atoms with Crippen LogP contribution in [0, 0.1) is 5.92 Å². The highest BCUT2D eigenvalue weighted by atomic mass is 19.4. The summed E-state index contributed by atoms with van der Waals surface area (Å²) in [6.45, 7) is 0.644.